The van der Waals surface area contributed by atoms with Gasteiger partial charge in [0.2, 0.25) is 0 Å². The van der Waals surface area contributed by atoms with Gasteiger partial charge in [-0.2, -0.15) is 17.2 Å². The Morgan fingerprint density at radius 3 is 2.22 bits per heavy atom. The molecule has 3 heterocycles. The molecule has 6 heteroatoms. The van der Waals surface area contributed by atoms with E-state index in [9.17, 15) is 0 Å². The van der Waals surface area contributed by atoms with Crippen LogP contribution in [-0.4, -0.2) is 19.3 Å². The minimum absolute atomic E-state index is 0. The van der Waals surface area contributed by atoms with E-state index in [4.69, 9.17) is 14.8 Å². The summed E-state index contributed by atoms with van der Waals surface area (Å²) in [6, 6.07) is 31.9. The number of hydrogen-bond donors (Lipinski definition) is 0. The Morgan fingerprint density at radius 1 is 0.735 bits per heavy atom. The Balaban J connectivity index is 0.00000417. The number of pyridine rings is 1. The molecule has 0 amide bonds. The van der Waals surface area contributed by atoms with Gasteiger partial charge >= 0.3 is 21.1 Å². The molecule has 3 aromatic heterocycles. The van der Waals surface area contributed by atoms with Crippen molar-refractivity contribution < 1.29 is 25.8 Å². The molecule has 0 unspecified atom stereocenters. The van der Waals surface area contributed by atoms with Gasteiger partial charge in [-0.1, -0.05) is 71.3 Å². The van der Waals surface area contributed by atoms with Crippen molar-refractivity contribution in [1.29, 1.82) is 0 Å². The number of aryl methyl sites for hydroxylation is 2. The van der Waals surface area contributed by atoms with Crippen LogP contribution in [0.2, 0.25) is 0 Å². The maximum Gasteiger partial charge on any atom is 2.00 e. The van der Waals surface area contributed by atoms with Crippen LogP contribution in [0.4, 0.5) is 0 Å². The summed E-state index contributed by atoms with van der Waals surface area (Å²) in [5.41, 5.74) is 12.0. The van der Waals surface area contributed by atoms with E-state index in [0.29, 0.717) is 29.3 Å². The largest absolute Gasteiger partial charge is 2.00 e. The van der Waals surface area contributed by atoms with Crippen molar-refractivity contribution >= 4 is 21.8 Å². The summed E-state index contributed by atoms with van der Waals surface area (Å²) in [6.07, 6.45) is 5.98. The summed E-state index contributed by atoms with van der Waals surface area (Å²) in [5.74, 6) is 3.27. The molecule has 5 nitrogen and oxygen atoms in total. The molecule has 0 atom stereocenters. The van der Waals surface area contributed by atoms with Gasteiger partial charge in [0.25, 0.3) is 0 Å². The first kappa shape index (κ1) is 34.4. The molecule has 250 valence electrons. The molecule has 0 saturated heterocycles. The number of para-hydroxylation sites is 1. The molecule has 4 aromatic carbocycles. The molecule has 0 aliphatic carbocycles. The molecule has 0 aliphatic rings. The maximum absolute atomic E-state index is 6.42. The quantitative estimate of drug-likeness (QED) is 0.143. The van der Waals surface area contributed by atoms with Gasteiger partial charge in [0, 0.05) is 35.0 Å². The second-order valence-corrected chi connectivity index (χ2v) is 13.8. The Bertz CT molecular complexity index is 2290. The van der Waals surface area contributed by atoms with Crippen LogP contribution in [0, 0.1) is 26.0 Å². The topological polar surface area (TPSA) is 44.9 Å². The molecule has 0 radical (unpaired) electrons. The summed E-state index contributed by atoms with van der Waals surface area (Å²) in [5, 5.41) is 7.09. The van der Waals surface area contributed by atoms with E-state index >= 15 is 0 Å². The zero-order chi connectivity index (χ0) is 33.7. The molecule has 7 rings (SSSR count). The first-order valence-electron chi connectivity index (χ1n) is 16.9. The van der Waals surface area contributed by atoms with Crippen molar-refractivity contribution in [2.45, 2.75) is 73.1 Å². The predicted molar refractivity (Wildman–Crippen MR) is 197 cm³/mol. The average Bonchev–Trinajstić information content (AvgIpc) is 3.67. The number of rotatable bonds is 8. The van der Waals surface area contributed by atoms with E-state index in [-0.39, 0.29) is 21.1 Å². The van der Waals surface area contributed by atoms with Gasteiger partial charge in [-0.25, -0.2) is 4.98 Å². The predicted octanol–water partition coefficient (Wildman–Crippen LogP) is 11.4. The van der Waals surface area contributed by atoms with E-state index < -0.39 is 0 Å². The third-order valence-corrected chi connectivity index (χ3v) is 9.20. The number of ether oxygens (including phenoxy) is 1. The molecular weight excluding hydrogens is 784 g/mol. The number of fused-ring (bicyclic) bond motifs is 3. The standard InChI is InChI=1S/C43H42N4O.Pt/c1-26(2)37-21-30(8)41(27(3)4)42(28(5)6)43(37)31-24-45-46(25-31)32-12-11-13-33(22-32)48-34-16-17-36-35-14-9-10-15-38(35)47(39(36)23-34)40-20-29(7)18-19-44-40;/h9-21,24-28H,1-8H3;/q-2;+2. The van der Waals surface area contributed by atoms with Crippen molar-refractivity contribution in [3.63, 3.8) is 0 Å². The number of aromatic nitrogens is 4. The van der Waals surface area contributed by atoms with E-state index in [1.807, 2.05) is 47.4 Å². The Hall–Kier alpha value is -4.47. The normalized spacial score (nSPS) is 11.7. The fraction of sp³-hybridized carbons (Fsp3) is 0.256. The van der Waals surface area contributed by atoms with Gasteiger partial charge in [-0.05, 0) is 94.3 Å². The third kappa shape index (κ3) is 6.37. The molecule has 0 saturated carbocycles. The molecule has 0 fully saturated rings. The van der Waals surface area contributed by atoms with Gasteiger partial charge in [0.15, 0.2) is 0 Å². The maximum atomic E-state index is 6.42. The van der Waals surface area contributed by atoms with Crippen molar-refractivity contribution in [2.75, 3.05) is 0 Å². The molecule has 0 bridgehead atoms. The zero-order valence-electron chi connectivity index (χ0n) is 29.4. The first-order valence-corrected chi connectivity index (χ1v) is 16.9. The number of benzene rings is 4. The van der Waals surface area contributed by atoms with Crippen LogP contribution in [0.3, 0.4) is 0 Å². The van der Waals surface area contributed by atoms with Crippen LogP contribution < -0.4 is 4.74 Å². The Morgan fingerprint density at radius 2 is 1.49 bits per heavy atom. The second-order valence-electron chi connectivity index (χ2n) is 13.8. The summed E-state index contributed by atoms with van der Waals surface area (Å²) in [7, 11) is 0. The Kier molecular flexibility index (Phi) is 9.69. The van der Waals surface area contributed by atoms with Crippen molar-refractivity contribution in [3.05, 3.63) is 131 Å². The summed E-state index contributed by atoms with van der Waals surface area (Å²) < 4.78 is 10.5. The molecule has 0 aliphatic heterocycles. The average molecular weight is 826 g/mol. The van der Waals surface area contributed by atoms with Crippen LogP contribution >= 0.6 is 0 Å². The summed E-state index contributed by atoms with van der Waals surface area (Å²) in [4.78, 5) is 4.70. The number of hydrogen-bond acceptors (Lipinski definition) is 3. The smallest absolute Gasteiger partial charge is 0.509 e. The van der Waals surface area contributed by atoms with Gasteiger partial charge in [0.05, 0.1) is 6.20 Å². The van der Waals surface area contributed by atoms with Crippen molar-refractivity contribution in [2.24, 2.45) is 0 Å². The molecule has 0 spiro atoms. The van der Waals surface area contributed by atoms with E-state index in [1.165, 1.54) is 27.8 Å². The van der Waals surface area contributed by atoms with Crippen LogP contribution in [0.1, 0.15) is 87.1 Å². The fourth-order valence-corrected chi connectivity index (χ4v) is 7.17. The van der Waals surface area contributed by atoms with Gasteiger partial charge in [0.1, 0.15) is 5.82 Å². The van der Waals surface area contributed by atoms with Crippen molar-refractivity contribution in [3.8, 4) is 34.1 Å². The van der Waals surface area contributed by atoms with Gasteiger partial charge < -0.3 is 9.30 Å². The zero-order valence-corrected chi connectivity index (χ0v) is 31.7. The molecular formula is C43H42N4OPt. The number of nitrogens with zero attached hydrogens (tertiary/aromatic N) is 4. The minimum Gasteiger partial charge on any atom is -0.509 e. The second kappa shape index (κ2) is 13.8. The first-order chi connectivity index (χ1) is 23.1. The van der Waals surface area contributed by atoms with E-state index in [1.54, 1.807) is 0 Å². The Labute approximate surface area is 304 Å². The van der Waals surface area contributed by atoms with Gasteiger partial charge in [-0.3, -0.25) is 4.68 Å². The van der Waals surface area contributed by atoms with E-state index in [0.717, 1.165) is 44.4 Å². The molecule has 49 heavy (non-hydrogen) atoms. The van der Waals surface area contributed by atoms with Crippen molar-refractivity contribution in [1.82, 2.24) is 19.3 Å². The summed E-state index contributed by atoms with van der Waals surface area (Å²) in [6.45, 7) is 18.1. The van der Waals surface area contributed by atoms with Crippen LogP contribution in [0.5, 0.6) is 11.5 Å². The third-order valence-electron chi connectivity index (χ3n) is 9.20. The molecule has 0 N–H and O–H groups in total. The van der Waals surface area contributed by atoms with Crippen LogP contribution in [0.25, 0.3) is 44.4 Å². The van der Waals surface area contributed by atoms with Crippen LogP contribution in [-0.2, 0) is 21.1 Å². The van der Waals surface area contributed by atoms with Gasteiger partial charge in [-0.15, -0.1) is 35.7 Å². The SMILES string of the molecule is Cc1ccnc(-n2c3[c-]c(Oc4[c-]c(-n5cc(-c6c(C(C)C)cc(C)c(C(C)C)c6C(C)C)cn5)ccc4)ccc3c3ccccc32)c1.[Pt+2]. The van der Waals surface area contributed by atoms with E-state index in [2.05, 4.69) is 121 Å². The molecule has 7 aromatic rings. The van der Waals surface area contributed by atoms with Crippen LogP contribution in [0.15, 0.2) is 91.4 Å². The fourth-order valence-electron chi connectivity index (χ4n) is 7.17. The monoisotopic (exact) mass is 825 g/mol. The summed E-state index contributed by atoms with van der Waals surface area (Å²) >= 11 is 0. The minimum atomic E-state index is 0.